The number of esters is 1. The minimum absolute atomic E-state index is 0.0800. The van der Waals surface area contributed by atoms with Crippen LogP contribution in [0.3, 0.4) is 0 Å². The molecule has 0 aliphatic heterocycles. The van der Waals surface area contributed by atoms with Gasteiger partial charge in [-0.05, 0) is 19.1 Å². The van der Waals surface area contributed by atoms with Crippen LogP contribution in [0.2, 0.25) is 0 Å². The minimum atomic E-state index is -0.339. The monoisotopic (exact) mass is 390 g/mol. The molecule has 0 unspecified atom stereocenters. The molecule has 0 aliphatic rings. The lowest BCUT2D eigenvalue weighted by molar-refractivity contribution is -0.144. The van der Waals surface area contributed by atoms with E-state index in [1.54, 1.807) is 0 Å². The van der Waals surface area contributed by atoms with E-state index in [1.807, 2.05) is 73.0 Å². The summed E-state index contributed by atoms with van der Waals surface area (Å²) < 4.78 is 11.1. The predicted molar refractivity (Wildman–Crippen MR) is 108 cm³/mol. The average Bonchev–Trinajstić information content (AvgIpc) is 3.34. The Morgan fingerprint density at radius 3 is 2.39 bits per heavy atom. The summed E-state index contributed by atoms with van der Waals surface area (Å²) in [6, 6.07) is 19.5. The first-order valence-electron chi connectivity index (χ1n) is 8.86. The molecule has 140 valence electrons. The number of hydrogen-bond donors (Lipinski definition) is 0. The number of hydrogen-bond acceptors (Lipinski definition) is 6. The van der Waals surface area contributed by atoms with Gasteiger partial charge >= 0.3 is 5.97 Å². The summed E-state index contributed by atoms with van der Waals surface area (Å²) >= 11 is 1.52. The highest BCUT2D eigenvalue weighted by Gasteiger charge is 2.15. The van der Waals surface area contributed by atoms with E-state index in [0.29, 0.717) is 23.0 Å². The molecule has 28 heavy (non-hydrogen) atoms. The fourth-order valence-electron chi connectivity index (χ4n) is 2.72. The van der Waals surface area contributed by atoms with Gasteiger partial charge in [-0.2, -0.15) is 0 Å². The first kappa shape index (κ1) is 18.1. The highest BCUT2D eigenvalue weighted by atomic mass is 32.1. The zero-order valence-corrected chi connectivity index (χ0v) is 16.1. The molecule has 0 N–H and O–H groups in total. The smallest absolute Gasteiger partial charge is 0.312 e. The maximum Gasteiger partial charge on any atom is 0.312 e. The Bertz CT molecular complexity index is 1070. The van der Waals surface area contributed by atoms with E-state index in [4.69, 9.17) is 9.15 Å². The Morgan fingerprint density at radius 1 is 1.00 bits per heavy atom. The standard InChI is InChI=1S/C22H18N2O3S/c1-15-19(24-21(27-15)16-8-4-2-5-9-16)13-26-20(25)12-18-14-28-22(23-18)17-10-6-3-7-11-17/h2-11,14H,12-13H2,1H3. The van der Waals surface area contributed by atoms with Gasteiger partial charge in [-0.1, -0.05) is 48.5 Å². The predicted octanol–water partition coefficient (Wildman–Crippen LogP) is 5.06. The van der Waals surface area contributed by atoms with Crippen LogP contribution in [0.5, 0.6) is 0 Å². The fraction of sp³-hybridized carbons (Fsp3) is 0.136. The maximum atomic E-state index is 12.2. The van der Waals surface area contributed by atoms with E-state index >= 15 is 0 Å². The summed E-state index contributed by atoms with van der Waals surface area (Å²) in [5.41, 5.74) is 3.25. The number of thiazole rings is 1. The van der Waals surface area contributed by atoms with Crippen molar-refractivity contribution in [1.82, 2.24) is 9.97 Å². The quantitative estimate of drug-likeness (QED) is 0.431. The van der Waals surface area contributed by atoms with Crippen molar-refractivity contribution in [2.45, 2.75) is 20.0 Å². The Kier molecular flexibility index (Phi) is 5.30. The van der Waals surface area contributed by atoms with E-state index in [-0.39, 0.29) is 19.0 Å². The summed E-state index contributed by atoms with van der Waals surface area (Å²) in [6.45, 7) is 1.89. The lowest BCUT2D eigenvalue weighted by atomic mass is 10.2. The Balaban J connectivity index is 1.36. The first-order valence-corrected chi connectivity index (χ1v) is 9.74. The Labute approximate surface area is 166 Å². The van der Waals surface area contributed by atoms with Crippen LogP contribution in [-0.2, 0) is 22.6 Å². The molecule has 2 heterocycles. The summed E-state index contributed by atoms with van der Waals surface area (Å²) in [5.74, 6) is 0.830. The molecular formula is C22H18N2O3S. The molecule has 4 aromatic rings. The van der Waals surface area contributed by atoms with Gasteiger partial charge in [-0.15, -0.1) is 11.3 Å². The minimum Gasteiger partial charge on any atom is -0.459 e. The van der Waals surface area contributed by atoms with Crippen molar-refractivity contribution in [3.8, 4) is 22.0 Å². The largest absolute Gasteiger partial charge is 0.459 e. The van der Waals surface area contributed by atoms with Gasteiger partial charge in [0, 0.05) is 16.5 Å². The van der Waals surface area contributed by atoms with E-state index in [0.717, 1.165) is 16.1 Å². The lowest BCUT2D eigenvalue weighted by Gasteiger charge is -2.01. The van der Waals surface area contributed by atoms with Crippen molar-refractivity contribution < 1.29 is 13.9 Å². The van der Waals surface area contributed by atoms with Crippen LogP contribution < -0.4 is 0 Å². The number of oxazole rings is 1. The van der Waals surface area contributed by atoms with Gasteiger partial charge in [-0.25, -0.2) is 9.97 Å². The molecular weight excluding hydrogens is 372 g/mol. The molecule has 0 bridgehead atoms. The van der Waals surface area contributed by atoms with Crippen LogP contribution in [0.1, 0.15) is 17.1 Å². The molecule has 5 nitrogen and oxygen atoms in total. The molecule has 0 aliphatic carbocycles. The first-order chi connectivity index (χ1) is 13.7. The number of nitrogens with zero attached hydrogens (tertiary/aromatic N) is 2. The number of benzene rings is 2. The van der Waals surface area contributed by atoms with Crippen LogP contribution in [0, 0.1) is 6.92 Å². The van der Waals surface area contributed by atoms with Gasteiger partial charge in [-0.3, -0.25) is 4.79 Å². The summed E-state index contributed by atoms with van der Waals surface area (Å²) in [4.78, 5) is 21.2. The van der Waals surface area contributed by atoms with E-state index < -0.39 is 0 Å². The second kappa shape index (κ2) is 8.19. The molecule has 0 atom stereocenters. The number of carbonyl (C=O) groups is 1. The SMILES string of the molecule is Cc1oc(-c2ccccc2)nc1COC(=O)Cc1csc(-c2ccccc2)n1. The van der Waals surface area contributed by atoms with Crippen LogP contribution >= 0.6 is 11.3 Å². The third-order valence-electron chi connectivity index (χ3n) is 4.18. The third-order valence-corrected chi connectivity index (χ3v) is 5.12. The van der Waals surface area contributed by atoms with Crippen LogP contribution in [0.4, 0.5) is 0 Å². The van der Waals surface area contributed by atoms with Crippen molar-refractivity contribution in [2.75, 3.05) is 0 Å². The number of carbonyl (C=O) groups excluding carboxylic acids is 1. The van der Waals surface area contributed by atoms with Gasteiger partial charge < -0.3 is 9.15 Å². The number of aryl methyl sites for hydroxylation is 1. The summed E-state index contributed by atoms with van der Waals surface area (Å²) in [7, 11) is 0. The normalized spacial score (nSPS) is 10.8. The summed E-state index contributed by atoms with van der Waals surface area (Å²) in [6.07, 6.45) is 0.131. The topological polar surface area (TPSA) is 65.2 Å². The average molecular weight is 390 g/mol. The van der Waals surface area contributed by atoms with E-state index in [9.17, 15) is 4.79 Å². The molecule has 2 aromatic heterocycles. The number of ether oxygens (including phenoxy) is 1. The second-order valence-corrected chi connectivity index (χ2v) is 7.09. The number of rotatable bonds is 6. The second-order valence-electron chi connectivity index (χ2n) is 6.24. The number of aromatic nitrogens is 2. The maximum absolute atomic E-state index is 12.2. The fourth-order valence-corrected chi connectivity index (χ4v) is 3.54. The van der Waals surface area contributed by atoms with E-state index in [2.05, 4.69) is 9.97 Å². The van der Waals surface area contributed by atoms with Gasteiger partial charge in [0.25, 0.3) is 0 Å². The van der Waals surface area contributed by atoms with Crippen molar-refractivity contribution in [3.05, 3.63) is 83.2 Å². The van der Waals surface area contributed by atoms with Gasteiger partial charge in [0.15, 0.2) is 0 Å². The molecule has 0 amide bonds. The zero-order chi connectivity index (χ0) is 19.3. The van der Waals surface area contributed by atoms with Gasteiger partial charge in [0.05, 0.1) is 12.1 Å². The van der Waals surface area contributed by atoms with Gasteiger partial charge in [0.1, 0.15) is 23.1 Å². The highest BCUT2D eigenvalue weighted by molar-refractivity contribution is 7.13. The molecule has 0 radical (unpaired) electrons. The molecule has 4 rings (SSSR count). The van der Waals surface area contributed by atoms with Crippen LogP contribution in [-0.4, -0.2) is 15.9 Å². The van der Waals surface area contributed by atoms with Crippen LogP contribution in [0.25, 0.3) is 22.0 Å². The lowest BCUT2D eigenvalue weighted by Crippen LogP contribution is -2.09. The Morgan fingerprint density at radius 2 is 1.68 bits per heavy atom. The molecule has 0 spiro atoms. The Hall–Kier alpha value is -3.25. The van der Waals surface area contributed by atoms with Crippen molar-refractivity contribution in [3.63, 3.8) is 0 Å². The molecule has 2 aromatic carbocycles. The third kappa shape index (κ3) is 4.18. The summed E-state index contributed by atoms with van der Waals surface area (Å²) in [5, 5.41) is 2.78. The molecule has 6 heteroatoms. The van der Waals surface area contributed by atoms with Gasteiger partial charge in [0.2, 0.25) is 5.89 Å². The highest BCUT2D eigenvalue weighted by Crippen LogP contribution is 2.24. The van der Waals surface area contributed by atoms with Crippen molar-refractivity contribution >= 4 is 17.3 Å². The molecule has 0 saturated carbocycles. The molecule has 0 saturated heterocycles. The van der Waals surface area contributed by atoms with E-state index in [1.165, 1.54) is 11.3 Å². The zero-order valence-electron chi connectivity index (χ0n) is 15.3. The van der Waals surface area contributed by atoms with Crippen molar-refractivity contribution in [2.24, 2.45) is 0 Å². The van der Waals surface area contributed by atoms with Crippen LogP contribution in [0.15, 0.2) is 70.5 Å². The van der Waals surface area contributed by atoms with Crippen molar-refractivity contribution in [1.29, 1.82) is 0 Å². The molecule has 0 fully saturated rings.